The molecule has 0 bridgehead atoms. The normalized spacial score (nSPS) is 43.1. The number of fused-ring (bicyclic) bond motifs is 5. The lowest BCUT2D eigenvalue weighted by molar-refractivity contribution is -0.180. The zero-order valence-corrected chi connectivity index (χ0v) is 20.1. The van der Waals surface area contributed by atoms with Crippen LogP contribution in [0.1, 0.15) is 65.2 Å². The Balaban J connectivity index is 0.000000291. The van der Waals surface area contributed by atoms with Gasteiger partial charge < -0.3 is 25.5 Å². The van der Waals surface area contributed by atoms with Crippen LogP contribution in [0.5, 0.6) is 11.5 Å². The van der Waals surface area contributed by atoms with Gasteiger partial charge in [0.2, 0.25) is 0 Å². The van der Waals surface area contributed by atoms with Crippen molar-refractivity contribution in [2.75, 3.05) is 6.61 Å². The molecule has 5 rings (SSSR count). The highest BCUT2D eigenvalue weighted by molar-refractivity contribution is 5.92. The Kier molecular flexibility index (Phi) is 6.60. The minimum absolute atomic E-state index is 0.0154. The van der Waals surface area contributed by atoms with Crippen LogP contribution < -0.4 is 0 Å². The van der Waals surface area contributed by atoms with Crippen molar-refractivity contribution >= 4 is 11.6 Å². The highest BCUT2D eigenvalue weighted by atomic mass is 16.3. The predicted octanol–water partition coefficient (Wildman–Crippen LogP) is 2.96. The highest BCUT2D eigenvalue weighted by Gasteiger charge is 2.68. The largest absolute Gasteiger partial charge is 0.508 e. The maximum absolute atomic E-state index is 13.4. The first-order valence-electron chi connectivity index (χ1n) is 12.5. The van der Waals surface area contributed by atoms with Crippen molar-refractivity contribution in [3.05, 3.63) is 24.3 Å². The third-order valence-electron chi connectivity index (χ3n) is 9.93. The second-order valence-electron chi connectivity index (χ2n) is 11.5. The van der Waals surface area contributed by atoms with Crippen molar-refractivity contribution in [2.45, 2.75) is 76.9 Å². The van der Waals surface area contributed by atoms with Crippen LogP contribution in [0.4, 0.5) is 0 Å². The Morgan fingerprint density at radius 2 is 1.62 bits per heavy atom. The molecule has 4 saturated carbocycles. The summed E-state index contributed by atoms with van der Waals surface area (Å²) >= 11 is 0. The van der Waals surface area contributed by atoms with Crippen molar-refractivity contribution in [3.8, 4) is 11.5 Å². The smallest absolute Gasteiger partial charge is 0.190 e. The van der Waals surface area contributed by atoms with Crippen molar-refractivity contribution in [2.24, 2.45) is 34.5 Å². The fraction of sp³-hybridized carbons (Fsp3) is 0.704. The van der Waals surface area contributed by atoms with Gasteiger partial charge in [0, 0.05) is 17.8 Å². The van der Waals surface area contributed by atoms with Crippen molar-refractivity contribution in [1.29, 1.82) is 0 Å². The maximum Gasteiger partial charge on any atom is 0.190 e. The molecule has 0 radical (unpaired) electrons. The van der Waals surface area contributed by atoms with Gasteiger partial charge in [-0.15, -0.1) is 0 Å². The molecule has 4 fully saturated rings. The number of carbonyl (C=O) groups is 2. The molecular formula is C27H38O7. The van der Waals surface area contributed by atoms with Crippen molar-refractivity contribution in [1.82, 2.24) is 0 Å². The van der Waals surface area contributed by atoms with Crippen molar-refractivity contribution < 1.29 is 35.1 Å². The number of hydrogen-bond donors (Lipinski definition) is 5. The molecule has 34 heavy (non-hydrogen) atoms. The number of rotatable bonds is 2. The third-order valence-corrected chi connectivity index (χ3v) is 9.93. The molecule has 1 aromatic rings. The van der Waals surface area contributed by atoms with Gasteiger partial charge in [-0.3, -0.25) is 9.59 Å². The van der Waals surface area contributed by atoms with E-state index in [9.17, 15) is 24.9 Å². The molecule has 0 spiro atoms. The Hall–Kier alpha value is -1.96. The van der Waals surface area contributed by atoms with Gasteiger partial charge in [0.05, 0.1) is 6.10 Å². The van der Waals surface area contributed by atoms with Gasteiger partial charge in [-0.1, -0.05) is 13.8 Å². The molecular weight excluding hydrogens is 436 g/mol. The predicted molar refractivity (Wildman–Crippen MR) is 125 cm³/mol. The zero-order chi connectivity index (χ0) is 24.9. The van der Waals surface area contributed by atoms with E-state index in [4.69, 9.17) is 10.2 Å². The monoisotopic (exact) mass is 474 g/mol. The third kappa shape index (κ3) is 3.86. The molecule has 4 aliphatic carbocycles. The average molecular weight is 475 g/mol. The van der Waals surface area contributed by atoms with Crippen LogP contribution in [-0.4, -0.2) is 55.4 Å². The molecule has 0 unspecified atom stereocenters. The van der Waals surface area contributed by atoms with E-state index in [0.717, 1.165) is 38.5 Å². The summed E-state index contributed by atoms with van der Waals surface area (Å²) in [6.45, 7) is 3.46. The van der Waals surface area contributed by atoms with E-state index >= 15 is 0 Å². The topological polar surface area (TPSA) is 135 Å². The van der Waals surface area contributed by atoms with Gasteiger partial charge in [-0.05, 0) is 92.4 Å². The van der Waals surface area contributed by atoms with Gasteiger partial charge in [0.1, 0.15) is 29.5 Å². The van der Waals surface area contributed by atoms with Crippen LogP contribution >= 0.6 is 0 Å². The van der Waals surface area contributed by atoms with E-state index in [0.29, 0.717) is 12.3 Å². The van der Waals surface area contributed by atoms with Gasteiger partial charge in [0.25, 0.3) is 0 Å². The minimum Gasteiger partial charge on any atom is -0.508 e. The van der Waals surface area contributed by atoms with E-state index in [1.54, 1.807) is 0 Å². The first-order chi connectivity index (χ1) is 16.0. The van der Waals surface area contributed by atoms with Crippen LogP contribution in [0, 0.1) is 34.5 Å². The first kappa shape index (κ1) is 25.1. The Morgan fingerprint density at radius 1 is 1.00 bits per heavy atom. The number of aromatic hydroxyl groups is 2. The van der Waals surface area contributed by atoms with Crippen LogP contribution in [-0.2, 0) is 9.59 Å². The molecule has 1 aromatic carbocycles. The van der Waals surface area contributed by atoms with Gasteiger partial charge in [-0.25, -0.2) is 0 Å². The summed E-state index contributed by atoms with van der Waals surface area (Å²) in [5.74, 6) is 0.718. The lowest BCUT2D eigenvalue weighted by Crippen LogP contribution is -2.62. The number of ketones is 2. The van der Waals surface area contributed by atoms with Crippen LogP contribution in [0.2, 0.25) is 0 Å². The number of aliphatic hydroxyl groups excluding tert-OH is 2. The average Bonchev–Trinajstić information content (AvgIpc) is 3.07. The minimum atomic E-state index is -1.58. The number of aliphatic hydroxyl groups is 3. The van der Waals surface area contributed by atoms with E-state index in [-0.39, 0.29) is 53.0 Å². The zero-order valence-electron chi connectivity index (χ0n) is 20.1. The molecule has 4 aliphatic rings. The van der Waals surface area contributed by atoms with Gasteiger partial charge in [-0.2, -0.15) is 0 Å². The summed E-state index contributed by atoms with van der Waals surface area (Å²) in [4.78, 5) is 25.7. The molecule has 0 heterocycles. The lowest BCUT2D eigenvalue weighted by atomic mass is 9.44. The van der Waals surface area contributed by atoms with E-state index < -0.39 is 23.4 Å². The highest BCUT2D eigenvalue weighted by Crippen LogP contribution is 2.67. The summed E-state index contributed by atoms with van der Waals surface area (Å²) in [7, 11) is 0. The molecule has 0 aromatic heterocycles. The van der Waals surface area contributed by atoms with Crippen LogP contribution in [0.3, 0.4) is 0 Å². The fourth-order valence-corrected chi connectivity index (χ4v) is 8.10. The molecule has 0 aliphatic heterocycles. The quantitative estimate of drug-likeness (QED) is 0.416. The number of benzene rings is 1. The second kappa shape index (κ2) is 8.92. The molecule has 0 amide bonds. The number of phenolic OH excluding ortho intramolecular Hbond substituents is 2. The number of Topliss-reactive ketones (excluding diaryl/α,β-unsaturated/α-hetero) is 2. The molecule has 7 heteroatoms. The Labute approximate surface area is 200 Å². The summed E-state index contributed by atoms with van der Waals surface area (Å²) < 4.78 is 0. The summed E-state index contributed by atoms with van der Waals surface area (Å²) in [5, 5.41) is 47.9. The summed E-state index contributed by atoms with van der Waals surface area (Å²) in [6.07, 6.45) is 5.47. The molecule has 5 N–H and O–H groups in total. The van der Waals surface area contributed by atoms with Gasteiger partial charge >= 0.3 is 0 Å². The fourth-order valence-electron chi connectivity index (χ4n) is 8.10. The first-order valence-corrected chi connectivity index (χ1v) is 12.5. The molecule has 188 valence electrons. The Morgan fingerprint density at radius 3 is 2.21 bits per heavy atom. The van der Waals surface area contributed by atoms with Crippen LogP contribution in [0.15, 0.2) is 24.3 Å². The number of phenols is 2. The van der Waals surface area contributed by atoms with E-state index in [1.165, 1.54) is 24.3 Å². The van der Waals surface area contributed by atoms with Gasteiger partial charge in [0.15, 0.2) is 5.78 Å². The summed E-state index contributed by atoms with van der Waals surface area (Å²) in [6, 6.07) is 5.70. The molecule has 8 atom stereocenters. The standard InChI is InChI=1S/C21H32O5.C6H6O2/c1-19-7-5-13(23)9-12(19)3-4-14-15-6-8-21(26,17(25)11-22)20(15,2)10-16(24)18(14)19;7-5-1-2-6(8)4-3-5/h12-15,18,22-23,26H,3-11H2,1-2H3;1-4,7-8H/t12-,13-,14+,15+,18-,19+,20+,21+;/m1./s1. The van der Waals surface area contributed by atoms with E-state index in [1.807, 2.05) is 6.92 Å². The maximum atomic E-state index is 13.4. The Bertz CT molecular complexity index is 908. The second-order valence-corrected chi connectivity index (χ2v) is 11.5. The number of carbonyl (C=O) groups excluding carboxylic acids is 2. The van der Waals surface area contributed by atoms with Crippen LogP contribution in [0.25, 0.3) is 0 Å². The molecule has 0 saturated heterocycles. The van der Waals surface area contributed by atoms with E-state index in [2.05, 4.69) is 6.92 Å². The lowest BCUT2D eigenvalue weighted by Gasteiger charge is -2.60. The molecule has 7 nitrogen and oxygen atoms in total. The SMILES string of the molecule is C[C@]12CC[C@@H](O)C[C@H]1CC[C@@H]1[C@@H]2C(=O)C[C@@]2(C)[C@H]1CC[C@]2(O)C(=O)CO.Oc1ccc(O)cc1. The number of hydrogen-bond acceptors (Lipinski definition) is 7. The summed E-state index contributed by atoms with van der Waals surface area (Å²) in [5.41, 5.74) is -2.40. The van der Waals surface area contributed by atoms with Crippen molar-refractivity contribution in [3.63, 3.8) is 0 Å².